The van der Waals surface area contributed by atoms with Gasteiger partial charge in [-0.3, -0.25) is 4.79 Å². The van der Waals surface area contributed by atoms with Crippen LogP contribution in [0.3, 0.4) is 0 Å². The number of hydrogen-bond acceptors (Lipinski definition) is 5. The minimum atomic E-state index is -2.67. The molecule has 7 nitrogen and oxygen atoms in total. The Labute approximate surface area is 149 Å². The van der Waals surface area contributed by atoms with E-state index in [9.17, 15) is 13.6 Å². The molecule has 4 heterocycles. The Balaban J connectivity index is 1.50. The van der Waals surface area contributed by atoms with E-state index >= 15 is 0 Å². The number of fused-ring (bicyclic) bond motifs is 1. The molecule has 2 saturated heterocycles. The van der Waals surface area contributed by atoms with Crippen LogP contribution in [0.25, 0.3) is 11.0 Å². The first-order valence-corrected chi connectivity index (χ1v) is 8.76. The fraction of sp³-hybridized carbons (Fsp3) is 0.588. The van der Waals surface area contributed by atoms with Crippen LogP contribution >= 0.6 is 0 Å². The van der Waals surface area contributed by atoms with Gasteiger partial charge >= 0.3 is 0 Å². The van der Waals surface area contributed by atoms with E-state index in [4.69, 9.17) is 4.74 Å². The van der Waals surface area contributed by atoms with E-state index in [1.807, 2.05) is 17.9 Å². The highest BCUT2D eigenvalue weighted by Gasteiger charge is 2.38. The number of likely N-dealkylation sites (tertiary alicyclic amines) is 1. The van der Waals surface area contributed by atoms with E-state index in [0.717, 1.165) is 22.5 Å². The van der Waals surface area contributed by atoms with Crippen molar-refractivity contribution in [2.75, 3.05) is 37.7 Å². The molecule has 0 aliphatic carbocycles. The maximum atomic E-state index is 13.3. The number of nitrogens with one attached hydrogen (secondary N) is 1. The molecule has 0 aromatic carbocycles. The molecule has 1 unspecified atom stereocenters. The summed E-state index contributed by atoms with van der Waals surface area (Å²) in [6, 6.07) is 1.94. The van der Waals surface area contributed by atoms with Crippen molar-refractivity contribution in [1.82, 2.24) is 19.9 Å². The number of amides is 1. The van der Waals surface area contributed by atoms with Gasteiger partial charge in [0.2, 0.25) is 0 Å². The summed E-state index contributed by atoms with van der Waals surface area (Å²) in [4.78, 5) is 28.1. The molecule has 2 aromatic rings. The summed E-state index contributed by atoms with van der Waals surface area (Å²) >= 11 is 0. The predicted molar refractivity (Wildman–Crippen MR) is 91.3 cm³/mol. The first-order chi connectivity index (χ1) is 12.4. The summed E-state index contributed by atoms with van der Waals surface area (Å²) < 4.78 is 32.3. The molecular weight excluding hydrogens is 344 g/mol. The lowest BCUT2D eigenvalue weighted by Crippen LogP contribution is -2.53. The fourth-order valence-corrected chi connectivity index (χ4v) is 3.55. The van der Waals surface area contributed by atoms with Crippen LogP contribution in [-0.2, 0) is 9.53 Å². The second kappa shape index (κ2) is 6.46. The highest BCUT2D eigenvalue weighted by atomic mass is 19.3. The van der Waals surface area contributed by atoms with Crippen molar-refractivity contribution in [3.05, 3.63) is 18.1 Å². The molecule has 2 aliphatic heterocycles. The Morgan fingerprint density at radius 1 is 1.31 bits per heavy atom. The second-order valence-electron chi connectivity index (χ2n) is 6.90. The average Bonchev–Trinajstić information content (AvgIpc) is 3.01. The minimum absolute atomic E-state index is 0.0687. The summed E-state index contributed by atoms with van der Waals surface area (Å²) in [5.74, 6) is -2.17. The number of rotatable bonds is 2. The monoisotopic (exact) mass is 365 g/mol. The molecule has 0 spiro atoms. The molecule has 140 valence electrons. The van der Waals surface area contributed by atoms with Gasteiger partial charge in [-0.05, 0) is 13.0 Å². The molecule has 1 atom stereocenters. The van der Waals surface area contributed by atoms with Gasteiger partial charge in [-0.1, -0.05) is 0 Å². The maximum absolute atomic E-state index is 13.3. The van der Waals surface area contributed by atoms with Crippen LogP contribution in [0.2, 0.25) is 0 Å². The highest BCUT2D eigenvalue weighted by Crippen LogP contribution is 2.29. The van der Waals surface area contributed by atoms with E-state index in [-0.39, 0.29) is 31.8 Å². The molecule has 2 aliphatic rings. The third kappa shape index (κ3) is 3.23. The molecule has 2 fully saturated rings. The Bertz CT molecular complexity index is 815. The van der Waals surface area contributed by atoms with Gasteiger partial charge < -0.3 is 19.5 Å². The topological polar surface area (TPSA) is 74.3 Å². The number of carbonyl (C=O) groups is 1. The maximum Gasteiger partial charge on any atom is 0.253 e. The Morgan fingerprint density at radius 3 is 2.85 bits per heavy atom. The number of anilines is 1. The zero-order valence-electron chi connectivity index (χ0n) is 14.5. The molecule has 0 saturated carbocycles. The van der Waals surface area contributed by atoms with Crippen molar-refractivity contribution in [3.8, 4) is 0 Å². The smallest absolute Gasteiger partial charge is 0.253 e. The standard InChI is InChI=1S/C17H21F2N5O2/c1-11-8-12-14(22-11)15(21-10-20-12)24-6-7-26-13(9-24)16(25)23-4-2-17(18,19)3-5-23/h8,10,13,22H,2-7,9H2,1H3. The molecule has 0 radical (unpaired) electrons. The van der Waals surface area contributed by atoms with Crippen molar-refractivity contribution < 1.29 is 18.3 Å². The number of nitrogens with zero attached hydrogens (tertiary/aromatic N) is 4. The molecule has 1 N–H and O–H groups in total. The number of halogens is 2. The number of aromatic nitrogens is 3. The van der Waals surface area contributed by atoms with Gasteiger partial charge in [-0.25, -0.2) is 18.7 Å². The molecule has 26 heavy (non-hydrogen) atoms. The third-order valence-electron chi connectivity index (χ3n) is 4.98. The summed E-state index contributed by atoms with van der Waals surface area (Å²) in [7, 11) is 0. The first-order valence-electron chi connectivity index (χ1n) is 8.76. The van der Waals surface area contributed by atoms with E-state index in [1.54, 1.807) is 0 Å². The van der Waals surface area contributed by atoms with Crippen LogP contribution in [0, 0.1) is 6.92 Å². The SMILES string of the molecule is Cc1cc2ncnc(N3CCOC(C(=O)N4CCC(F)(F)CC4)C3)c2[nH]1. The highest BCUT2D eigenvalue weighted by molar-refractivity contribution is 5.87. The van der Waals surface area contributed by atoms with Crippen molar-refractivity contribution in [2.24, 2.45) is 0 Å². The van der Waals surface area contributed by atoms with Crippen molar-refractivity contribution in [2.45, 2.75) is 31.8 Å². The van der Waals surface area contributed by atoms with Crippen LogP contribution in [0.15, 0.2) is 12.4 Å². The predicted octanol–water partition coefficient (Wildman–Crippen LogP) is 1.73. The van der Waals surface area contributed by atoms with Gasteiger partial charge in [-0.15, -0.1) is 0 Å². The third-order valence-corrected chi connectivity index (χ3v) is 4.98. The number of morpholine rings is 1. The fourth-order valence-electron chi connectivity index (χ4n) is 3.55. The second-order valence-corrected chi connectivity index (χ2v) is 6.90. The number of aryl methyl sites for hydroxylation is 1. The number of carbonyl (C=O) groups excluding carboxylic acids is 1. The van der Waals surface area contributed by atoms with Gasteiger partial charge in [0.15, 0.2) is 11.9 Å². The van der Waals surface area contributed by atoms with E-state index in [0.29, 0.717) is 19.7 Å². The van der Waals surface area contributed by atoms with E-state index < -0.39 is 12.0 Å². The van der Waals surface area contributed by atoms with Crippen molar-refractivity contribution in [3.63, 3.8) is 0 Å². The zero-order chi connectivity index (χ0) is 18.3. The first kappa shape index (κ1) is 17.1. The molecular formula is C17H21F2N5O2. The number of aromatic amines is 1. The van der Waals surface area contributed by atoms with Gasteiger partial charge in [0.1, 0.15) is 11.8 Å². The van der Waals surface area contributed by atoms with Crippen molar-refractivity contribution >= 4 is 22.8 Å². The van der Waals surface area contributed by atoms with Crippen LogP contribution in [-0.4, -0.2) is 70.6 Å². The lowest BCUT2D eigenvalue weighted by Gasteiger charge is -2.38. The summed E-state index contributed by atoms with van der Waals surface area (Å²) in [5, 5.41) is 0. The van der Waals surface area contributed by atoms with Crippen LogP contribution in [0.5, 0.6) is 0 Å². The number of piperidine rings is 1. The lowest BCUT2D eigenvalue weighted by atomic mass is 10.1. The largest absolute Gasteiger partial charge is 0.365 e. The van der Waals surface area contributed by atoms with E-state index in [1.165, 1.54) is 11.2 Å². The number of alkyl halides is 2. The normalized spacial score (nSPS) is 23.4. The number of hydrogen-bond donors (Lipinski definition) is 1. The quantitative estimate of drug-likeness (QED) is 0.877. The summed E-state index contributed by atoms with van der Waals surface area (Å²) in [5.41, 5.74) is 2.63. The molecule has 4 rings (SSSR count). The summed E-state index contributed by atoms with van der Waals surface area (Å²) in [6.07, 6.45) is 0.258. The van der Waals surface area contributed by atoms with Gasteiger partial charge in [-0.2, -0.15) is 0 Å². The van der Waals surface area contributed by atoms with E-state index in [2.05, 4.69) is 15.0 Å². The number of ether oxygens (including phenoxy) is 1. The zero-order valence-corrected chi connectivity index (χ0v) is 14.5. The van der Waals surface area contributed by atoms with Gasteiger partial charge in [0, 0.05) is 38.2 Å². The average molecular weight is 365 g/mol. The Hall–Kier alpha value is -2.29. The minimum Gasteiger partial charge on any atom is -0.365 e. The van der Waals surface area contributed by atoms with Crippen LogP contribution < -0.4 is 4.90 Å². The van der Waals surface area contributed by atoms with Crippen molar-refractivity contribution in [1.29, 1.82) is 0 Å². The molecule has 9 heteroatoms. The molecule has 2 aromatic heterocycles. The molecule has 1 amide bonds. The Kier molecular flexibility index (Phi) is 4.26. The van der Waals surface area contributed by atoms with Gasteiger partial charge in [0.25, 0.3) is 11.8 Å². The van der Waals surface area contributed by atoms with Gasteiger partial charge in [0.05, 0.1) is 18.7 Å². The van der Waals surface area contributed by atoms with Crippen LogP contribution in [0.4, 0.5) is 14.6 Å². The summed E-state index contributed by atoms with van der Waals surface area (Å²) in [6.45, 7) is 3.41. The molecule has 0 bridgehead atoms. The number of H-pyrrole nitrogens is 1. The lowest BCUT2D eigenvalue weighted by molar-refractivity contribution is -0.150. The Morgan fingerprint density at radius 2 is 2.08 bits per heavy atom. The van der Waals surface area contributed by atoms with Crippen LogP contribution in [0.1, 0.15) is 18.5 Å².